The van der Waals surface area contributed by atoms with Gasteiger partial charge < -0.3 is 16.8 Å². The molecule has 0 fully saturated rings. The molecule has 0 radical (unpaired) electrons. The van der Waals surface area contributed by atoms with Crippen LogP contribution in [0.15, 0.2) is 12.1 Å². The van der Waals surface area contributed by atoms with E-state index in [9.17, 15) is 14.7 Å². The topological polar surface area (TPSA) is 85.3 Å². The summed E-state index contributed by atoms with van der Waals surface area (Å²) in [5.74, 6) is -1.30. The number of rotatable bonds is 7. The number of hydrogen-bond donors (Lipinski definition) is 2. The van der Waals surface area contributed by atoms with Gasteiger partial charge in [0.1, 0.15) is 0 Å². The van der Waals surface area contributed by atoms with Crippen LogP contribution in [0.25, 0.3) is 10.9 Å². The van der Waals surface area contributed by atoms with Gasteiger partial charge in [-0.2, -0.15) is 0 Å². The molecule has 24 heavy (non-hydrogen) atoms. The summed E-state index contributed by atoms with van der Waals surface area (Å²) < 4.78 is 2.01. The molecule has 0 saturated carbocycles. The molecule has 6 heteroatoms. The van der Waals surface area contributed by atoms with E-state index >= 15 is 0 Å². The minimum atomic E-state index is -0.936. The van der Waals surface area contributed by atoms with Crippen LogP contribution in [0.4, 0.5) is 0 Å². The number of aromatic carboxylic acids is 1. The Morgan fingerprint density at radius 3 is 2.50 bits per heavy atom. The third kappa shape index (κ3) is 4.21. The van der Waals surface area contributed by atoms with Crippen molar-refractivity contribution in [3.8, 4) is 0 Å². The van der Waals surface area contributed by atoms with Crippen LogP contribution >= 0.6 is 0 Å². The molecule has 3 N–H and O–H groups in total. The summed E-state index contributed by atoms with van der Waals surface area (Å²) in [6.45, 7) is 3.93. The van der Waals surface area contributed by atoms with Crippen LogP contribution in [-0.2, 0) is 24.7 Å². The second-order valence-electron chi connectivity index (χ2n) is 6.07. The van der Waals surface area contributed by atoms with Crippen molar-refractivity contribution >= 4 is 22.8 Å². The standard InChI is InChI=1S/C18H24N2O3.Na.H/c1-4-5-6-7-15-14(10-17(19)21)13-8-11(2)12(18(22)23)9-16(13)20(15)3;;/h8-9H,4-7,10H2,1-3H3,(H2,19,21)(H,22,23);;/q;+1;-1. The number of fused-ring (bicyclic) bond motifs is 1. The number of carbonyl (C=O) groups excluding carboxylic acids is 1. The average molecular weight is 340 g/mol. The molecule has 0 saturated heterocycles. The van der Waals surface area contributed by atoms with Crippen molar-refractivity contribution in [2.75, 3.05) is 0 Å². The number of benzene rings is 1. The Hall–Kier alpha value is -1.30. The first kappa shape index (κ1) is 20.7. The SMILES string of the molecule is CCCCCc1c(CC(N)=O)c2cc(C)c(C(=O)O)cc2n1C.[H-].[Na+]. The van der Waals surface area contributed by atoms with Gasteiger partial charge in [-0.05, 0) is 43.0 Å². The fraction of sp³-hybridized carbons (Fsp3) is 0.444. The van der Waals surface area contributed by atoms with Crippen molar-refractivity contribution in [2.24, 2.45) is 12.8 Å². The van der Waals surface area contributed by atoms with Gasteiger partial charge in [-0.15, -0.1) is 0 Å². The van der Waals surface area contributed by atoms with Crippen LogP contribution < -0.4 is 35.3 Å². The average Bonchev–Trinajstić information content (AvgIpc) is 2.71. The van der Waals surface area contributed by atoms with Gasteiger partial charge in [0.05, 0.1) is 12.0 Å². The first-order chi connectivity index (χ1) is 10.9. The van der Waals surface area contributed by atoms with Gasteiger partial charge in [0.25, 0.3) is 0 Å². The van der Waals surface area contributed by atoms with Gasteiger partial charge in [0.15, 0.2) is 0 Å². The van der Waals surface area contributed by atoms with Gasteiger partial charge in [0, 0.05) is 23.6 Å². The molecule has 0 aliphatic heterocycles. The fourth-order valence-corrected chi connectivity index (χ4v) is 3.18. The van der Waals surface area contributed by atoms with Crippen molar-refractivity contribution in [1.82, 2.24) is 4.57 Å². The van der Waals surface area contributed by atoms with Crippen molar-refractivity contribution in [3.63, 3.8) is 0 Å². The molecule has 1 aromatic carbocycles. The Balaban J connectivity index is 0.00000288. The minimum absolute atomic E-state index is 0. The number of nitrogens with zero attached hydrogens (tertiary/aromatic N) is 1. The summed E-state index contributed by atoms with van der Waals surface area (Å²) in [5, 5.41) is 10.3. The normalized spacial score (nSPS) is 10.6. The number of carboxylic acid groups (broad SMARTS) is 1. The van der Waals surface area contributed by atoms with Crippen LogP contribution in [-0.4, -0.2) is 21.6 Å². The third-order valence-electron chi connectivity index (χ3n) is 4.38. The van der Waals surface area contributed by atoms with E-state index in [1.54, 1.807) is 13.0 Å². The smallest absolute Gasteiger partial charge is 1.00 e. The number of amides is 1. The Morgan fingerprint density at radius 1 is 1.29 bits per heavy atom. The van der Waals surface area contributed by atoms with Crippen molar-refractivity contribution in [1.29, 1.82) is 0 Å². The summed E-state index contributed by atoms with van der Waals surface area (Å²) >= 11 is 0. The zero-order chi connectivity index (χ0) is 17.1. The van der Waals surface area contributed by atoms with E-state index in [-0.39, 0.29) is 43.3 Å². The number of aromatic nitrogens is 1. The van der Waals surface area contributed by atoms with E-state index in [2.05, 4.69) is 6.92 Å². The van der Waals surface area contributed by atoms with E-state index in [1.807, 2.05) is 17.7 Å². The predicted molar refractivity (Wildman–Crippen MR) is 91.9 cm³/mol. The summed E-state index contributed by atoms with van der Waals surface area (Å²) in [7, 11) is 1.93. The number of unbranched alkanes of at least 4 members (excludes halogenated alkanes) is 2. The molecule has 0 aliphatic rings. The minimum Gasteiger partial charge on any atom is -1.00 e. The van der Waals surface area contributed by atoms with Crippen LogP contribution in [0.2, 0.25) is 0 Å². The van der Waals surface area contributed by atoms with Crippen LogP contribution in [0.3, 0.4) is 0 Å². The maximum Gasteiger partial charge on any atom is 1.00 e. The molecule has 1 aromatic heterocycles. The Morgan fingerprint density at radius 2 is 1.96 bits per heavy atom. The van der Waals surface area contributed by atoms with Gasteiger partial charge in [-0.25, -0.2) is 4.79 Å². The van der Waals surface area contributed by atoms with Crippen molar-refractivity contribution in [2.45, 2.75) is 46.0 Å². The van der Waals surface area contributed by atoms with E-state index in [1.165, 1.54) is 0 Å². The van der Waals surface area contributed by atoms with E-state index in [0.29, 0.717) is 11.1 Å². The molecular weight excluding hydrogens is 315 g/mol. The maximum atomic E-state index is 11.5. The van der Waals surface area contributed by atoms with Gasteiger partial charge in [-0.3, -0.25) is 4.79 Å². The summed E-state index contributed by atoms with van der Waals surface area (Å²) in [6, 6.07) is 3.56. The molecule has 0 atom stereocenters. The predicted octanol–water partition coefficient (Wildman–Crippen LogP) is 0.0619. The Bertz CT molecular complexity index is 772. The first-order valence-electron chi connectivity index (χ1n) is 7.99. The maximum absolute atomic E-state index is 11.5. The van der Waals surface area contributed by atoms with Crippen molar-refractivity contribution in [3.05, 3.63) is 34.5 Å². The molecule has 126 valence electrons. The quantitative estimate of drug-likeness (QED) is 0.552. The number of carbonyl (C=O) groups is 2. The summed E-state index contributed by atoms with van der Waals surface area (Å²) in [5.41, 5.74) is 9.27. The Kier molecular flexibility index (Phi) is 7.52. The fourth-order valence-electron chi connectivity index (χ4n) is 3.18. The van der Waals surface area contributed by atoms with Crippen LogP contribution in [0, 0.1) is 6.92 Å². The third-order valence-corrected chi connectivity index (χ3v) is 4.38. The van der Waals surface area contributed by atoms with E-state index < -0.39 is 5.97 Å². The van der Waals surface area contributed by atoms with Gasteiger partial charge in [-0.1, -0.05) is 19.8 Å². The number of primary amides is 1. The molecule has 2 aromatic rings. The number of hydrogen-bond acceptors (Lipinski definition) is 2. The van der Waals surface area contributed by atoms with Crippen LogP contribution in [0.1, 0.15) is 54.8 Å². The molecule has 0 bridgehead atoms. The van der Waals surface area contributed by atoms with Gasteiger partial charge >= 0.3 is 35.5 Å². The van der Waals surface area contributed by atoms with Crippen LogP contribution in [0.5, 0.6) is 0 Å². The van der Waals surface area contributed by atoms with E-state index in [0.717, 1.165) is 47.8 Å². The zero-order valence-electron chi connectivity index (χ0n) is 16.0. The molecule has 0 unspecified atom stereocenters. The molecule has 1 heterocycles. The molecule has 0 aliphatic carbocycles. The largest absolute Gasteiger partial charge is 1.00 e. The second kappa shape index (κ2) is 8.70. The number of carboxylic acids is 1. The van der Waals surface area contributed by atoms with Crippen molar-refractivity contribution < 1.29 is 45.7 Å². The van der Waals surface area contributed by atoms with E-state index in [4.69, 9.17) is 5.73 Å². The molecule has 5 nitrogen and oxygen atoms in total. The molecule has 2 rings (SSSR count). The number of aryl methyl sites for hydroxylation is 2. The Labute approximate surface area is 166 Å². The zero-order valence-corrected chi connectivity index (χ0v) is 17.0. The monoisotopic (exact) mass is 340 g/mol. The summed E-state index contributed by atoms with van der Waals surface area (Å²) in [6.07, 6.45) is 4.33. The number of nitrogens with two attached hydrogens (primary N) is 1. The van der Waals surface area contributed by atoms with Gasteiger partial charge in [0.2, 0.25) is 5.91 Å². The molecule has 1 amide bonds. The second-order valence-corrected chi connectivity index (χ2v) is 6.07. The molecular formula is C18H25N2NaO3. The summed E-state index contributed by atoms with van der Waals surface area (Å²) in [4.78, 5) is 22.9. The molecule has 0 spiro atoms. The first-order valence-corrected chi connectivity index (χ1v) is 7.99.